The molecular formula is C10H19N3. The fraction of sp³-hybridized carbons (Fsp3) is 0.700. The standard InChI is InChI=1S/C10H19N3/c1-4-10(2,3)7-11-5-9-6-12-8-13-9/h6,8,11H,4-5,7H2,1-3H3,(H,12,13). The minimum absolute atomic E-state index is 0.389. The predicted octanol–water partition coefficient (Wildman–Crippen LogP) is 1.94. The van der Waals surface area contributed by atoms with Gasteiger partial charge in [-0.1, -0.05) is 20.8 Å². The minimum Gasteiger partial charge on any atom is -0.347 e. The van der Waals surface area contributed by atoms with E-state index in [1.54, 1.807) is 6.33 Å². The zero-order chi connectivity index (χ0) is 9.73. The van der Waals surface area contributed by atoms with Crippen LogP contribution in [0, 0.1) is 5.41 Å². The third kappa shape index (κ3) is 3.59. The molecule has 3 heteroatoms. The lowest BCUT2D eigenvalue weighted by atomic mass is 9.90. The molecule has 0 aliphatic carbocycles. The van der Waals surface area contributed by atoms with Gasteiger partial charge in [-0.2, -0.15) is 0 Å². The van der Waals surface area contributed by atoms with Crippen molar-refractivity contribution in [1.29, 1.82) is 0 Å². The Morgan fingerprint density at radius 1 is 1.54 bits per heavy atom. The molecule has 3 nitrogen and oxygen atoms in total. The Balaban J connectivity index is 2.21. The summed E-state index contributed by atoms with van der Waals surface area (Å²) in [5, 5.41) is 3.41. The number of nitrogens with zero attached hydrogens (tertiary/aromatic N) is 1. The molecule has 0 bridgehead atoms. The number of hydrogen-bond acceptors (Lipinski definition) is 2. The van der Waals surface area contributed by atoms with Crippen LogP contribution < -0.4 is 5.32 Å². The second-order valence-corrected chi connectivity index (χ2v) is 4.20. The maximum Gasteiger partial charge on any atom is 0.0922 e. The lowest BCUT2D eigenvalue weighted by Gasteiger charge is -2.22. The van der Waals surface area contributed by atoms with E-state index in [9.17, 15) is 0 Å². The van der Waals surface area contributed by atoms with Crippen LogP contribution in [0.2, 0.25) is 0 Å². The van der Waals surface area contributed by atoms with Gasteiger partial charge >= 0.3 is 0 Å². The number of aromatic amines is 1. The average molecular weight is 181 g/mol. The maximum atomic E-state index is 3.96. The van der Waals surface area contributed by atoms with E-state index in [0.29, 0.717) is 5.41 Å². The molecule has 0 saturated carbocycles. The molecular weight excluding hydrogens is 162 g/mol. The third-order valence-electron chi connectivity index (χ3n) is 2.43. The summed E-state index contributed by atoms with van der Waals surface area (Å²) in [5.41, 5.74) is 1.53. The first-order valence-electron chi connectivity index (χ1n) is 4.82. The molecule has 74 valence electrons. The van der Waals surface area contributed by atoms with E-state index < -0.39 is 0 Å². The third-order valence-corrected chi connectivity index (χ3v) is 2.43. The van der Waals surface area contributed by atoms with Crippen LogP contribution >= 0.6 is 0 Å². The summed E-state index contributed by atoms with van der Waals surface area (Å²) in [5.74, 6) is 0. The molecule has 2 N–H and O–H groups in total. The van der Waals surface area contributed by atoms with Gasteiger partial charge in [-0.25, -0.2) is 4.98 Å². The summed E-state index contributed by atoms with van der Waals surface area (Å²) in [7, 11) is 0. The lowest BCUT2D eigenvalue weighted by molar-refractivity contribution is 0.327. The fourth-order valence-corrected chi connectivity index (χ4v) is 1.04. The average Bonchev–Trinajstić information content (AvgIpc) is 2.57. The van der Waals surface area contributed by atoms with Crippen molar-refractivity contribution in [1.82, 2.24) is 15.3 Å². The van der Waals surface area contributed by atoms with Gasteiger partial charge in [-0.15, -0.1) is 0 Å². The summed E-state index contributed by atoms with van der Waals surface area (Å²) in [6.07, 6.45) is 4.76. The molecule has 0 aliphatic rings. The smallest absolute Gasteiger partial charge is 0.0922 e. The molecule has 0 atom stereocenters. The molecule has 0 aromatic carbocycles. The van der Waals surface area contributed by atoms with Gasteiger partial charge in [0.05, 0.1) is 6.33 Å². The lowest BCUT2D eigenvalue weighted by Crippen LogP contribution is -2.28. The number of nitrogens with one attached hydrogen (secondary N) is 2. The normalized spacial score (nSPS) is 11.9. The van der Waals surface area contributed by atoms with Gasteiger partial charge in [0.1, 0.15) is 0 Å². The second kappa shape index (κ2) is 4.42. The van der Waals surface area contributed by atoms with E-state index >= 15 is 0 Å². The minimum atomic E-state index is 0.389. The molecule has 13 heavy (non-hydrogen) atoms. The van der Waals surface area contributed by atoms with E-state index in [1.165, 1.54) is 6.42 Å². The summed E-state index contributed by atoms with van der Waals surface area (Å²) in [6.45, 7) is 8.68. The number of rotatable bonds is 5. The van der Waals surface area contributed by atoms with Crippen LogP contribution in [0.4, 0.5) is 0 Å². The zero-order valence-corrected chi connectivity index (χ0v) is 8.72. The number of hydrogen-bond donors (Lipinski definition) is 2. The van der Waals surface area contributed by atoms with Crippen molar-refractivity contribution in [2.24, 2.45) is 5.41 Å². The first-order valence-corrected chi connectivity index (χ1v) is 4.82. The van der Waals surface area contributed by atoms with E-state index in [0.717, 1.165) is 18.8 Å². The van der Waals surface area contributed by atoms with E-state index in [4.69, 9.17) is 0 Å². The second-order valence-electron chi connectivity index (χ2n) is 4.20. The first-order chi connectivity index (χ1) is 6.14. The van der Waals surface area contributed by atoms with Crippen molar-refractivity contribution in [2.75, 3.05) is 6.54 Å². The molecule has 0 aliphatic heterocycles. The van der Waals surface area contributed by atoms with Gasteiger partial charge < -0.3 is 10.3 Å². The molecule has 1 heterocycles. The van der Waals surface area contributed by atoms with Crippen molar-refractivity contribution >= 4 is 0 Å². The predicted molar refractivity (Wildman–Crippen MR) is 54.4 cm³/mol. The summed E-state index contributed by atoms with van der Waals surface area (Å²) < 4.78 is 0. The molecule has 1 aromatic rings. The summed E-state index contributed by atoms with van der Waals surface area (Å²) >= 11 is 0. The largest absolute Gasteiger partial charge is 0.347 e. The highest BCUT2D eigenvalue weighted by molar-refractivity contribution is 4.93. The Bertz CT molecular complexity index is 226. The Morgan fingerprint density at radius 3 is 2.85 bits per heavy atom. The van der Waals surface area contributed by atoms with Gasteiger partial charge in [0.15, 0.2) is 0 Å². The van der Waals surface area contributed by atoms with E-state index in [-0.39, 0.29) is 0 Å². The Morgan fingerprint density at radius 2 is 2.31 bits per heavy atom. The van der Waals surface area contributed by atoms with E-state index in [2.05, 4.69) is 36.1 Å². The van der Waals surface area contributed by atoms with Crippen LogP contribution in [-0.4, -0.2) is 16.5 Å². The quantitative estimate of drug-likeness (QED) is 0.728. The molecule has 0 radical (unpaired) electrons. The highest BCUT2D eigenvalue weighted by atomic mass is 14.9. The van der Waals surface area contributed by atoms with Crippen LogP contribution in [0.25, 0.3) is 0 Å². The first kappa shape index (κ1) is 10.3. The van der Waals surface area contributed by atoms with Crippen molar-refractivity contribution in [3.63, 3.8) is 0 Å². The monoisotopic (exact) mass is 181 g/mol. The zero-order valence-electron chi connectivity index (χ0n) is 8.72. The van der Waals surface area contributed by atoms with Gasteiger partial charge in [0.2, 0.25) is 0 Å². The Hall–Kier alpha value is -0.830. The van der Waals surface area contributed by atoms with Crippen molar-refractivity contribution in [2.45, 2.75) is 33.7 Å². The van der Waals surface area contributed by atoms with Crippen molar-refractivity contribution in [3.8, 4) is 0 Å². The molecule has 0 amide bonds. The SMILES string of the molecule is CCC(C)(C)CNCc1cnc[nH]1. The molecule has 0 fully saturated rings. The summed E-state index contributed by atoms with van der Waals surface area (Å²) in [6, 6.07) is 0. The molecule has 0 unspecified atom stereocenters. The van der Waals surface area contributed by atoms with Gasteiger partial charge in [-0.05, 0) is 11.8 Å². The molecule has 1 aromatic heterocycles. The highest BCUT2D eigenvalue weighted by Crippen LogP contribution is 2.17. The topological polar surface area (TPSA) is 40.7 Å². The molecule has 0 saturated heterocycles. The molecule has 1 rings (SSSR count). The van der Waals surface area contributed by atoms with Gasteiger partial charge in [-0.3, -0.25) is 0 Å². The van der Waals surface area contributed by atoms with Crippen molar-refractivity contribution < 1.29 is 0 Å². The number of aromatic nitrogens is 2. The maximum absolute atomic E-state index is 3.96. The van der Waals surface area contributed by atoms with Crippen LogP contribution in [-0.2, 0) is 6.54 Å². The van der Waals surface area contributed by atoms with Crippen LogP contribution in [0.5, 0.6) is 0 Å². The Kier molecular flexibility index (Phi) is 3.48. The van der Waals surface area contributed by atoms with Crippen LogP contribution in [0.3, 0.4) is 0 Å². The number of imidazole rings is 1. The summed E-state index contributed by atoms with van der Waals surface area (Å²) in [4.78, 5) is 7.03. The van der Waals surface area contributed by atoms with Crippen LogP contribution in [0.15, 0.2) is 12.5 Å². The highest BCUT2D eigenvalue weighted by Gasteiger charge is 2.13. The van der Waals surface area contributed by atoms with Crippen LogP contribution in [0.1, 0.15) is 32.9 Å². The van der Waals surface area contributed by atoms with E-state index in [1.807, 2.05) is 6.20 Å². The Labute approximate surface area is 80.0 Å². The van der Waals surface area contributed by atoms with Crippen molar-refractivity contribution in [3.05, 3.63) is 18.2 Å². The van der Waals surface area contributed by atoms with Gasteiger partial charge in [0, 0.05) is 25.0 Å². The fourth-order valence-electron chi connectivity index (χ4n) is 1.04. The van der Waals surface area contributed by atoms with Gasteiger partial charge in [0.25, 0.3) is 0 Å². The molecule has 0 spiro atoms. The number of H-pyrrole nitrogens is 1.